The van der Waals surface area contributed by atoms with Gasteiger partial charge in [0.25, 0.3) is 5.91 Å². The summed E-state index contributed by atoms with van der Waals surface area (Å²) in [5.41, 5.74) is 4.07. The first-order chi connectivity index (χ1) is 18.2. The number of aromatic nitrogens is 2. The molecule has 7 heteroatoms. The van der Waals surface area contributed by atoms with E-state index in [1.165, 1.54) is 12.8 Å². The number of benzene rings is 3. The van der Waals surface area contributed by atoms with Gasteiger partial charge in [0.1, 0.15) is 5.69 Å². The zero-order chi connectivity index (χ0) is 25.2. The first kappa shape index (κ1) is 23.7. The number of nitriles is 1. The molecular weight excluding hydrogens is 462 g/mol. The summed E-state index contributed by atoms with van der Waals surface area (Å²) < 4.78 is 8.01. The van der Waals surface area contributed by atoms with Crippen LogP contribution in [0.1, 0.15) is 54.3 Å². The number of rotatable bonds is 6. The lowest BCUT2D eigenvalue weighted by Crippen LogP contribution is -2.33. The van der Waals surface area contributed by atoms with E-state index in [0.717, 1.165) is 78.4 Å². The van der Waals surface area contributed by atoms with Crippen LogP contribution in [0.15, 0.2) is 54.6 Å². The van der Waals surface area contributed by atoms with Crippen molar-refractivity contribution in [2.75, 3.05) is 32.8 Å². The summed E-state index contributed by atoms with van der Waals surface area (Å²) in [6.45, 7) is 4.58. The summed E-state index contributed by atoms with van der Waals surface area (Å²) in [5, 5.41) is 20.5. The van der Waals surface area contributed by atoms with Gasteiger partial charge >= 0.3 is 0 Å². The average molecular weight is 494 g/mol. The minimum atomic E-state index is -0.0927. The van der Waals surface area contributed by atoms with Gasteiger partial charge in [-0.05, 0) is 92.4 Å². The van der Waals surface area contributed by atoms with E-state index in [-0.39, 0.29) is 12.1 Å². The van der Waals surface area contributed by atoms with Crippen LogP contribution in [-0.2, 0) is 4.74 Å². The van der Waals surface area contributed by atoms with Crippen molar-refractivity contribution < 1.29 is 9.53 Å². The Labute approximate surface area is 216 Å². The Kier molecular flexibility index (Phi) is 6.60. The van der Waals surface area contributed by atoms with E-state index < -0.39 is 0 Å². The van der Waals surface area contributed by atoms with Gasteiger partial charge in [-0.3, -0.25) is 4.79 Å². The Morgan fingerprint density at radius 2 is 1.86 bits per heavy atom. The summed E-state index contributed by atoms with van der Waals surface area (Å²) in [6.07, 6.45) is 5.53. The standard InChI is InChI=1S/C30H31N5O2/c31-20-21-6-11-27-26(17-21)29(33-35(27)28-5-1-4-16-37-28)24-9-7-23-19-25(10-8-22(23)18-24)30(36)32-12-15-34-13-2-3-14-34/h6-11,17-19,28H,1-5,12-16H2,(H,32,36). The second kappa shape index (κ2) is 10.3. The number of nitrogens with zero attached hydrogens (tertiary/aromatic N) is 4. The molecule has 1 atom stereocenters. The smallest absolute Gasteiger partial charge is 0.251 e. The molecule has 3 heterocycles. The number of ether oxygens (including phenoxy) is 1. The van der Waals surface area contributed by atoms with Crippen LogP contribution in [0.4, 0.5) is 0 Å². The van der Waals surface area contributed by atoms with E-state index in [9.17, 15) is 10.1 Å². The zero-order valence-corrected chi connectivity index (χ0v) is 20.9. The predicted octanol–water partition coefficient (Wildman–Crippen LogP) is 5.25. The molecule has 188 valence electrons. The molecule has 4 aromatic rings. The van der Waals surface area contributed by atoms with Gasteiger partial charge < -0.3 is 15.0 Å². The van der Waals surface area contributed by atoms with Crippen molar-refractivity contribution in [3.05, 3.63) is 65.7 Å². The van der Waals surface area contributed by atoms with Gasteiger partial charge in [0.15, 0.2) is 6.23 Å². The Hall–Kier alpha value is -3.73. The van der Waals surface area contributed by atoms with E-state index in [2.05, 4.69) is 22.4 Å². The van der Waals surface area contributed by atoms with E-state index in [1.54, 1.807) is 0 Å². The molecule has 6 rings (SSSR count). The van der Waals surface area contributed by atoms with E-state index in [4.69, 9.17) is 9.84 Å². The van der Waals surface area contributed by atoms with Crippen LogP contribution in [0.5, 0.6) is 0 Å². The number of likely N-dealkylation sites (tertiary alicyclic amines) is 1. The van der Waals surface area contributed by atoms with Gasteiger partial charge in [0.05, 0.1) is 17.1 Å². The van der Waals surface area contributed by atoms with Crippen LogP contribution in [0.2, 0.25) is 0 Å². The number of amides is 1. The predicted molar refractivity (Wildman–Crippen MR) is 144 cm³/mol. The second-order valence-corrected chi connectivity index (χ2v) is 10.0. The number of hydrogen-bond donors (Lipinski definition) is 1. The minimum Gasteiger partial charge on any atom is -0.356 e. The maximum atomic E-state index is 12.7. The van der Waals surface area contributed by atoms with Gasteiger partial charge in [0, 0.05) is 36.2 Å². The van der Waals surface area contributed by atoms with Crippen LogP contribution in [0, 0.1) is 11.3 Å². The Balaban J connectivity index is 1.28. The first-order valence-electron chi connectivity index (χ1n) is 13.3. The summed E-state index contributed by atoms with van der Waals surface area (Å²) in [5.74, 6) is -0.0357. The molecule has 2 aliphatic rings. The van der Waals surface area contributed by atoms with Crippen molar-refractivity contribution in [1.82, 2.24) is 20.0 Å². The van der Waals surface area contributed by atoms with Crippen molar-refractivity contribution in [2.24, 2.45) is 0 Å². The molecule has 7 nitrogen and oxygen atoms in total. The molecule has 0 bridgehead atoms. The van der Waals surface area contributed by atoms with E-state index in [0.29, 0.717) is 17.7 Å². The molecule has 0 spiro atoms. The summed E-state index contributed by atoms with van der Waals surface area (Å²) in [4.78, 5) is 15.1. The fourth-order valence-electron chi connectivity index (χ4n) is 5.53. The lowest BCUT2D eigenvalue weighted by atomic mass is 10.0. The fraction of sp³-hybridized carbons (Fsp3) is 0.367. The molecule has 2 aliphatic heterocycles. The van der Waals surface area contributed by atoms with Gasteiger partial charge in [-0.1, -0.05) is 18.2 Å². The SMILES string of the molecule is N#Cc1ccc2c(c1)c(-c1ccc3cc(C(=O)NCCN4CCCC4)ccc3c1)nn2C1CCCCO1. The molecule has 37 heavy (non-hydrogen) atoms. The summed E-state index contributed by atoms with van der Waals surface area (Å²) in [6, 6.07) is 20.0. The van der Waals surface area contributed by atoms with E-state index in [1.807, 2.05) is 53.2 Å². The van der Waals surface area contributed by atoms with Crippen molar-refractivity contribution >= 4 is 27.6 Å². The highest BCUT2D eigenvalue weighted by Gasteiger charge is 2.22. The van der Waals surface area contributed by atoms with Gasteiger partial charge in [-0.2, -0.15) is 10.4 Å². The zero-order valence-electron chi connectivity index (χ0n) is 20.9. The molecule has 2 fully saturated rings. The Bertz CT molecular complexity index is 1490. The molecule has 3 aromatic carbocycles. The molecular formula is C30H31N5O2. The second-order valence-electron chi connectivity index (χ2n) is 10.0. The number of carbonyl (C=O) groups is 1. The largest absolute Gasteiger partial charge is 0.356 e. The molecule has 0 aliphatic carbocycles. The van der Waals surface area contributed by atoms with Crippen molar-refractivity contribution in [1.29, 1.82) is 5.26 Å². The van der Waals surface area contributed by atoms with Gasteiger partial charge in [0.2, 0.25) is 0 Å². The topological polar surface area (TPSA) is 83.2 Å². The monoisotopic (exact) mass is 493 g/mol. The highest BCUT2D eigenvalue weighted by Crippen LogP contribution is 2.34. The van der Waals surface area contributed by atoms with Crippen LogP contribution in [-0.4, -0.2) is 53.4 Å². The molecule has 1 amide bonds. The van der Waals surface area contributed by atoms with Gasteiger partial charge in [-0.25, -0.2) is 4.68 Å². The molecule has 2 saturated heterocycles. The fourth-order valence-corrected chi connectivity index (χ4v) is 5.53. The summed E-state index contributed by atoms with van der Waals surface area (Å²) >= 11 is 0. The number of hydrogen-bond acceptors (Lipinski definition) is 5. The highest BCUT2D eigenvalue weighted by molar-refractivity contribution is 6.01. The van der Waals surface area contributed by atoms with Crippen LogP contribution in [0.3, 0.4) is 0 Å². The third-order valence-electron chi connectivity index (χ3n) is 7.55. The Morgan fingerprint density at radius 1 is 1.03 bits per heavy atom. The molecule has 0 saturated carbocycles. The average Bonchev–Trinajstić information content (AvgIpc) is 3.60. The van der Waals surface area contributed by atoms with Crippen molar-refractivity contribution in [3.8, 4) is 17.3 Å². The molecule has 0 radical (unpaired) electrons. The number of nitrogens with one attached hydrogen (secondary N) is 1. The van der Waals surface area contributed by atoms with E-state index >= 15 is 0 Å². The minimum absolute atomic E-state index is 0.0357. The maximum Gasteiger partial charge on any atom is 0.251 e. The van der Waals surface area contributed by atoms with Crippen LogP contribution >= 0.6 is 0 Å². The normalized spacial score (nSPS) is 18.3. The Morgan fingerprint density at radius 3 is 2.68 bits per heavy atom. The maximum absolute atomic E-state index is 12.7. The quantitative estimate of drug-likeness (QED) is 0.397. The lowest BCUT2D eigenvalue weighted by Gasteiger charge is -2.23. The number of carbonyl (C=O) groups excluding carboxylic acids is 1. The molecule has 1 unspecified atom stereocenters. The third-order valence-corrected chi connectivity index (χ3v) is 7.55. The molecule has 1 aromatic heterocycles. The van der Waals surface area contributed by atoms with Crippen LogP contribution < -0.4 is 5.32 Å². The van der Waals surface area contributed by atoms with Crippen LogP contribution in [0.25, 0.3) is 32.9 Å². The third kappa shape index (κ3) is 4.83. The first-order valence-corrected chi connectivity index (χ1v) is 13.3. The highest BCUT2D eigenvalue weighted by atomic mass is 16.5. The van der Waals surface area contributed by atoms with Crippen molar-refractivity contribution in [2.45, 2.75) is 38.3 Å². The molecule has 1 N–H and O–H groups in total. The summed E-state index contributed by atoms with van der Waals surface area (Å²) in [7, 11) is 0. The lowest BCUT2D eigenvalue weighted by molar-refractivity contribution is -0.0365. The van der Waals surface area contributed by atoms with Gasteiger partial charge in [-0.15, -0.1) is 0 Å². The van der Waals surface area contributed by atoms with Crippen molar-refractivity contribution in [3.63, 3.8) is 0 Å². The number of fused-ring (bicyclic) bond motifs is 2.